The Balaban J connectivity index is 2.62. The molecule has 1 heteroatoms. The Kier molecular flexibility index (Phi) is 1.93. The van der Waals surface area contributed by atoms with Gasteiger partial charge < -0.3 is 4.42 Å². The van der Waals surface area contributed by atoms with E-state index >= 15 is 0 Å². The number of rotatable bonds is 1. The van der Waals surface area contributed by atoms with E-state index in [1.807, 2.05) is 19.1 Å². The topological polar surface area (TPSA) is 13.1 Å². The number of fused-ring (bicyclic) bond motifs is 1. The zero-order chi connectivity index (χ0) is 9.26. The van der Waals surface area contributed by atoms with Crippen LogP contribution in [0.5, 0.6) is 0 Å². The Labute approximate surface area is 77.7 Å². The number of benzene rings is 1. The molecule has 0 unspecified atom stereocenters. The van der Waals surface area contributed by atoms with E-state index in [-0.39, 0.29) is 0 Å². The first-order valence-corrected chi connectivity index (χ1v) is 4.42. The summed E-state index contributed by atoms with van der Waals surface area (Å²) in [6.45, 7) is 4.05. The minimum atomic E-state index is 0.920. The zero-order valence-corrected chi connectivity index (χ0v) is 7.87. The van der Waals surface area contributed by atoms with Crippen molar-refractivity contribution in [3.8, 4) is 0 Å². The predicted octanol–water partition coefficient (Wildman–Crippen LogP) is 3.77. The third kappa shape index (κ3) is 1.50. The molecule has 1 aromatic heterocycles. The number of furan rings is 1. The van der Waals surface area contributed by atoms with E-state index in [9.17, 15) is 0 Å². The van der Waals surface area contributed by atoms with Gasteiger partial charge in [-0.2, -0.15) is 0 Å². The van der Waals surface area contributed by atoms with Crippen molar-refractivity contribution in [1.82, 2.24) is 0 Å². The summed E-state index contributed by atoms with van der Waals surface area (Å²) in [4.78, 5) is 0. The van der Waals surface area contributed by atoms with Crippen LogP contribution in [0.1, 0.15) is 18.2 Å². The molecule has 0 radical (unpaired) electrons. The molecule has 0 N–H and O–H groups in total. The minimum absolute atomic E-state index is 0.920. The molecule has 0 spiro atoms. The van der Waals surface area contributed by atoms with E-state index < -0.39 is 0 Å². The summed E-state index contributed by atoms with van der Waals surface area (Å²) in [7, 11) is 0. The molecule has 2 rings (SSSR count). The lowest BCUT2D eigenvalue weighted by molar-refractivity contribution is 0.604. The molecule has 0 aliphatic heterocycles. The third-order valence-electron chi connectivity index (χ3n) is 2.03. The molecule has 1 nitrogen and oxygen atoms in total. The van der Waals surface area contributed by atoms with Gasteiger partial charge >= 0.3 is 0 Å². The fraction of sp³-hybridized carbons (Fsp3) is 0.167. The van der Waals surface area contributed by atoms with Gasteiger partial charge in [0.25, 0.3) is 0 Å². The van der Waals surface area contributed by atoms with Gasteiger partial charge in [0.05, 0.1) is 0 Å². The monoisotopic (exact) mass is 172 g/mol. The lowest BCUT2D eigenvalue weighted by Gasteiger charge is -1.89. The van der Waals surface area contributed by atoms with Crippen LogP contribution in [0, 0.1) is 6.92 Å². The summed E-state index contributed by atoms with van der Waals surface area (Å²) >= 11 is 0. The van der Waals surface area contributed by atoms with Crippen molar-refractivity contribution in [2.75, 3.05) is 0 Å². The molecule has 0 aliphatic rings. The van der Waals surface area contributed by atoms with Crippen LogP contribution in [0.25, 0.3) is 17.0 Å². The average Bonchev–Trinajstić information content (AvgIpc) is 2.46. The van der Waals surface area contributed by atoms with Crippen LogP contribution in [0.15, 0.2) is 34.8 Å². The molecule has 0 saturated heterocycles. The van der Waals surface area contributed by atoms with E-state index in [1.54, 1.807) is 0 Å². The molecule has 2 aromatic rings. The molecular weight excluding hydrogens is 160 g/mol. The van der Waals surface area contributed by atoms with Crippen LogP contribution >= 0.6 is 0 Å². The summed E-state index contributed by atoms with van der Waals surface area (Å²) in [5, 5.41) is 1.17. The molecule has 1 aromatic carbocycles. The van der Waals surface area contributed by atoms with Gasteiger partial charge in [0.2, 0.25) is 0 Å². The summed E-state index contributed by atoms with van der Waals surface area (Å²) in [5.41, 5.74) is 2.20. The molecule has 0 fully saturated rings. The van der Waals surface area contributed by atoms with Crippen LogP contribution in [0.4, 0.5) is 0 Å². The first-order valence-electron chi connectivity index (χ1n) is 4.42. The van der Waals surface area contributed by atoms with Crippen LogP contribution in [-0.2, 0) is 0 Å². The van der Waals surface area contributed by atoms with Gasteiger partial charge in [-0.25, -0.2) is 0 Å². The summed E-state index contributed by atoms with van der Waals surface area (Å²) < 4.78 is 5.60. The number of hydrogen-bond acceptors (Lipinski definition) is 1. The third-order valence-corrected chi connectivity index (χ3v) is 2.03. The highest BCUT2D eigenvalue weighted by molar-refractivity contribution is 5.80. The SMILES string of the molecule is CC=Cc1cc2ccc(C)cc2o1. The Bertz CT molecular complexity index is 449. The number of hydrogen-bond donors (Lipinski definition) is 0. The van der Waals surface area contributed by atoms with Crippen molar-refractivity contribution in [1.29, 1.82) is 0 Å². The first kappa shape index (κ1) is 8.11. The fourth-order valence-corrected chi connectivity index (χ4v) is 1.41. The summed E-state index contributed by atoms with van der Waals surface area (Å²) in [6, 6.07) is 8.29. The Hall–Kier alpha value is -1.50. The molecule has 1 heterocycles. The maximum Gasteiger partial charge on any atom is 0.135 e. The van der Waals surface area contributed by atoms with Gasteiger partial charge in [-0.05, 0) is 37.6 Å². The molecule has 0 saturated carbocycles. The normalized spacial score (nSPS) is 11.5. The molecular formula is C12H12O. The summed E-state index contributed by atoms with van der Waals surface area (Å²) in [6.07, 6.45) is 3.94. The van der Waals surface area contributed by atoms with Crippen molar-refractivity contribution in [3.05, 3.63) is 41.7 Å². The second-order valence-electron chi connectivity index (χ2n) is 3.19. The van der Waals surface area contributed by atoms with Gasteiger partial charge in [-0.1, -0.05) is 18.2 Å². The smallest absolute Gasteiger partial charge is 0.135 e. The molecule has 66 valence electrons. The van der Waals surface area contributed by atoms with Gasteiger partial charge in [0, 0.05) is 5.39 Å². The van der Waals surface area contributed by atoms with E-state index in [4.69, 9.17) is 4.42 Å². The second-order valence-corrected chi connectivity index (χ2v) is 3.19. The van der Waals surface area contributed by atoms with Gasteiger partial charge in [-0.15, -0.1) is 0 Å². The highest BCUT2D eigenvalue weighted by Gasteiger charge is 1.99. The Morgan fingerprint density at radius 2 is 2.08 bits per heavy atom. The quantitative estimate of drug-likeness (QED) is 0.638. The minimum Gasteiger partial charge on any atom is -0.457 e. The van der Waals surface area contributed by atoms with Crippen molar-refractivity contribution < 1.29 is 4.42 Å². The summed E-state index contributed by atoms with van der Waals surface area (Å²) in [5.74, 6) is 0.920. The average molecular weight is 172 g/mol. The van der Waals surface area contributed by atoms with Crippen molar-refractivity contribution in [2.24, 2.45) is 0 Å². The largest absolute Gasteiger partial charge is 0.457 e. The van der Waals surface area contributed by atoms with E-state index in [0.29, 0.717) is 0 Å². The highest BCUT2D eigenvalue weighted by atomic mass is 16.3. The lowest BCUT2D eigenvalue weighted by Crippen LogP contribution is -1.67. The van der Waals surface area contributed by atoms with E-state index in [2.05, 4.69) is 31.2 Å². The fourth-order valence-electron chi connectivity index (χ4n) is 1.41. The van der Waals surface area contributed by atoms with E-state index in [0.717, 1.165) is 11.3 Å². The second kappa shape index (κ2) is 3.09. The van der Waals surface area contributed by atoms with Crippen LogP contribution in [0.3, 0.4) is 0 Å². The Morgan fingerprint density at radius 1 is 1.23 bits per heavy atom. The van der Waals surface area contributed by atoms with Crippen molar-refractivity contribution >= 4 is 17.0 Å². The van der Waals surface area contributed by atoms with Crippen molar-refractivity contribution in [3.63, 3.8) is 0 Å². The van der Waals surface area contributed by atoms with Crippen LogP contribution in [-0.4, -0.2) is 0 Å². The van der Waals surface area contributed by atoms with Crippen molar-refractivity contribution in [2.45, 2.75) is 13.8 Å². The number of aryl methyl sites for hydroxylation is 1. The maximum absolute atomic E-state index is 5.60. The number of allylic oxidation sites excluding steroid dienone is 1. The van der Waals surface area contributed by atoms with Gasteiger partial charge in [0.1, 0.15) is 11.3 Å². The van der Waals surface area contributed by atoms with Gasteiger partial charge in [-0.3, -0.25) is 0 Å². The van der Waals surface area contributed by atoms with Gasteiger partial charge in [0.15, 0.2) is 0 Å². The Morgan fingerprint density at radius 3 is 2.85 bits per heavy atom. The molecule has 0 bridgehead atoms. The standard InChI is InChI=1S/C12H12O/c1-3-4-11-8-10-6-5-9(2)7-12(10)13-11/h3-8H,1-2H3. The van der Waals surface area contributed by atoms with Crippen LogP contribution < -0.4 is 0 Å². The lowest BCUT2D eigenvalue weighted by atomic mass is 10.2. The maximum atomic E-state index is 5.60. The highest BCUT2D eigenvalue weighted by Crippen LogP contribution is 2.21. The molecule has 0 atom stereocenters. The molecule has 0 aliphatic carbocycles. The molecule has 13 heavy (non-hydrogen) atoms. The van der Waals surface area contributed by atoms with E-state index in [1.165, 1.54) is 10.9 Å². The molecule has 0 amide bonds. The zero-order valence-electron chi connectivity index (χ0n) is 7.87. The first-order chi connectivity index (χ1) is 6.29. The van der Waals surface area contributed by atoms with Crippen LogP contribution in [0.2, 0.25) is 0 Å². The predicted molar refractivity (Wildman–Crippen MR) is 55.7 cm³/mol.